The minimum Gasteiger partial charge on any atom is -0.396 e. The zero-order valence-corrected chi connectivity index (χ0v) is 8.91. The molecule has 0 spiro atoms. The summed E-state index contributed by atoms with van der Waals surface area (Å²) >= 11 is 0. The Morgan fingerprint density at radius 2 is 2.18 bits per heavy atom. The lowest BCUT2D eigenvalue weighted by atomic mass is 10.0. The number of pyridine rings is 1. The van der Waals surface area contributed by atoms with E-state index in [2.05, 4.69) is 4.98 Å². The zero-order valence-electron chi connectivity index (χ0n) is 8.91. The van der Waals surface area contributed by atoms with Gasteiger partial charge in [-0.1, -0.05) is 0 Å². The highest BCUT2D eigenvalue weighted by Crippen LogP contribution is 2.39. The molecule has 2 heterocycles. The molecule has 0 amide bonds. The number of rotatable bonds is 1. The fraction of sp³-hybridized carbons (Fsp3) is 0.500. The number of nitrogen functional groups attached to an aromatic ring is 1. The summed E-state index contributed by atoms with van der Waals surface area (Å²) in [5.41, 5.74) is 3.27. The van der Waals surface area contributed by atoms with E-state index in [0.29, 0.717) is 5.69 Å². The SMILES string of the molecule is Nc1cccnc1N1CC[C@](O)(C(F)(F)F)C1. The van der Waals surface area contributed by atoms with Crippen molar-refractivity contribution >= 4 is 11.5 Å². The number of halogens is 3. The van der Waals surface area contributed by atoms with Gasteiger partial charge in [-0.25, -0.2) is 4.98 Å². The Hall–Kier alpha value is -1.50. The van der Waals surface area contributed by atoms with Crippen molar-refractivity contribution in [3.05, 3.63) is 18.3 Å². The summed E-state index contributed by atoms with van der Waals surface area (Å²) in [6.45, 7) is -0.449. The predicted molar refractivity (Wildman–Crippen MR) is 56.5 cm³/mol. The molecule has 3 N–H and O–H groups in total. The smallest absolute Gasteiger partial charge is 0.396 e. The van der Waals surface area contributed by atoms with Gasteiger partial charge < -0.3 is 15.7 Å². The van der Waals surface area contributed by atoms with E-state index in [1.807, 2.05) is 0 Å². The normalized spacial score (nSPS) is 25.3. The summed E-state index contributed by atoms with van der Waals surface area (Å²) in [5, 5.41) is 9.52. The Bertz CT molecular complexity index is 424. The molecule has 0 aliphatic carbocycles. The average Bonchev–Trinajstić information content (AvgIpc) is 2.62. The molecule has 17 heavy (non-hydrogen) atoms. The van der Waals surface area contributed by atoms with Crippen LogP contribution in [0.25, 0.3) is 0 Å². The molecule has 0 aromatic carbocycles. The molecule has 1 fully saturated rings. The van der Waals surface area contributed by atoms with E-state index >= 15 is 0 Å². The molecule has 0 unspecified atom stereocenters. The minimum absolute atomic E-state index is 0.0806. The van der Waals surface area contributed by atoms with Gasteiger partial charge in [0.25, 0.3) is 0 Å². The van der Waals surface area contributed by atoms with Gasteiger partial charge in [-0.2, -0.15) is 13.2 Å². The highest BCUT2D eigenvalue weighted by atomic mass is 19.4. The van der Waals surface area contributed by atoms with Gasteiger partial charge in [0.2, 0.25) is 0 Å². The van der Waals surface area contributed by atoms with Crippen LogP contribution in [0.5, 0.6) is 0 Å². The standard InChI is InChI=1S/C10H12F3N3O/c11-10(12,13)9(17)3-5-16(6-9)8-7(14)2-1-4-15-8/h1-2,4,17H,3,5-6,14H2/t9-/m1/s1. The molecule has 1 aliphatic rings. The largest absolute Gasteiger partial charge is 0.418 e. The maximum absolute atomic E-state index is 12.6. The number of hydrogen-bond acceptors (Lipinski definition) is 4. The number of nitrogens with zero attached hydrogens (tertiary/aromatic N) is 2. The van der Waals surface area contributed by atoms with Gasteiger partial charge in [0, 0.05) is 19.2 Å². The molecule has 0 radical (unpaired) electrons. The first-order valence-electron chi connectivity index (χ1n) is 5.08. The van der Waals surface area contributed by atoms with Crippen LogP contribution in [0.1, 0.15) is 6.42 Å². The molecule has 4 nitrogen and oxygen atoms in total. The molecule has 7 heteroatoms. The molecule has 1 atom stereocenters. The number of aliphatic hydroxyl groups is 1. The van der Waals surface area contributed by atoms with Crippen molar-refractivity contribution < 1.29 is 18.3 Å². The summed E-state index contributed by atoms with van der Waals surface area (Å²) in [6.07, 6.45) is -3.55. The molecule has 2 rings (SSSR count). The third-order valence-electron chi connectivity index (χ3n) is 2.89. The molecule has 1 saturated heterocycles. The average molecular weight is 247 g/mol. The Morgan fingerprint density at radius 1 is 1.47 bits per heavy atom. The van der Waals surface area contributed by atoms with Crippen molar-refractivity contribution in [3.8, 4) is 0 Å². The fourth-order valence-electron chi connectivity index (χ4n) is 1.88. The second-order valence-corrected chi connectivity index (χ2v) is 4.12. The summed E-state index contributed by atoms with van der Waals surface area (Å²) in [7, 11) is 0. The highest BCUT2D eigenvalue weighted by Gasteiger charge is 2.57. The number of anilines is 2. The van der Waals surface area contributed by atoms with Crippen molar-refractivity contribution in [2.75, 3.05) is 23.7 Å². The minimum atomic E-state index is -4.63. The van der Waals surface area contributed by atoms with E-state index in [1.165, 1.54) is 11.1 Å². The van der Waals surface area contributed by atoms with E-state index < -0.39 is 18.3 Å². The highest BCUT2D eigenvalue weighted by molar-refractivity contribution is 5.62. The predicted octanol–water partition coefficient (Wildman–Crippen LogP) is 1.17. The van der Waals surface area contributed by atoms with Crippen molar-refractivity contribution in [1.29, 1.82) is 0 Å². The van der Waals surface area contributed by atoms with E-state index in [-0.39, 0.29) is 18.8 Å². The van der Waals surface area contributed by atoms with Crippen molar-refractivity contribution in [2.24, 2.45) is 0 Å². The van der Waals surface area contributed by atoms with Crippen LogP contribution in [0.3, 0.4) is 0 Å². The number of nitrogens with two attached hydrogens (primary N) is 1. The van der Waals surface area contributed by atoms with Crippen LogP contribution in [-0.4, -0.2) is 35.0 Å². The molecule has 94 valence electrons. The van der Waals surface area contributed by atoms with Gasteiger partial charge in [-0.3, -0.25) is 0 Å². The zero-order chi connectivity index (χ0) is 12.7. The Kier molecular flexibility index (Phi) is 2.65. The van der Waals surface area contributed by atoms with E-state index in [0.717, 1.165) is 0 Å². The quantitative estimate of drug-likeness (QED) is 0.782. The molecule has 1 aliphatic heterocycles. The number of hydrogen-bond donors (Lipinski definition) is 2. The molecule has 1 aromatic heterocycles. The number of aromatic nitrogens is 1. The van der Waals surface area contributed by atoms with Gasteiger partial charge >= 0.3 is 6.18 Å². The monoisotopic (exact) mass is 247 g/mol. The number of β-amino-alcohol motifs (C(OH)–C–C–N with tert-alkyl or cyclic N) is 1. The lowest BCUT2D eigenvalue weighted by Crippen LogP contribution is -2.47. The second-order valence-electron chi connectivity index (χ2n) is 4.12. The van der Waals surface area contributed by atoms with Gasteiger partial charge in [0.05, 0.1) is 12.2 Å². The van der Waals surface area contributed by atoms with Gasteiger partial charge in [-0.15, -0.1) is 0 Å². The summed E-state index contributed by atoms with van der Waals surface area (Å²) in [4.78, 5) is 5.28. The first-order valence-corrected chi connectivity index (χ1v) is 5.08. The molecular weight excluding hydrogens is 235 g/mol. The van der Waals surface area contributed by atoms with Gasteiger partial charge in [0.1, 0.15) is 0 Å². The fourth-order valence-corrected chi connectivity index (χ4v) is 1.88. The molecular formula is C10H12F3N3O. The summed E-state index contributed by atoms with van der Waals surface area (Å²) in [5.74, 6) is 0.285. The maximum Gasteiger partial charge on any atom is 0.418 e. The third-order valence-corrected chi connectivity index (χ3v) is 2.89. The van der Waals surface area contributed by atoms with Gasteiger partial charge in [-0.05, 0) is 12.1 Å². The van der Waals surface area contributed by atoms with Crippen molar-refractivity contribution in [2.45, 2.75) is 18.2 Å². The van der Waals surface area contributed by atoms with Gasteiger partial charge in [0.15, 0.2) is 11.4 Å². The summed E-state index contributed by atoms with van der Waals surface area (Å²) < 4.78 is 37.8. The first kappa shape index (κ1) is 12.0. The van der Waals surface area contributed by atoms with Crippen molar-refractivity contribution in [1.82, 2.24) is 4.98 Å². The molecule has 0 bridgehead atoms. The number of alkyl halides is 3. The second kappa shape index (κ2) is 3.76. The van der Waals surface area contributed by atoms with Crippen LogP contribution in [0.15, 0.2) is 18.3 Å². The first-order chi connectivity index (χ1) is 7.83. The third kappa shape index (κ3) is 2.02. The van der Waals surface area contributed by atoms with Crippen LogP contribution in [0, 0.1) is 0 Å². The van der Waals surface area contributed by atoms with Crippen LogP contribution in [0.4, 0.5) is 24.7 Å². The van der Waals surface area contributed by atoms with Crippen LogP contribution in [-0.2, 0) is 0 Å². The molecule has 1 aromatic rings. The molecule has 0 saturated carbocycles. The Morgan fingerprint density at radius 3 is 2.71 bits per heavy atom. The van der Waals surface area contributed by atoms with Crippen LogP contribution >= 0.6 is 0 Å². The van der Waals surface area contributed by atoms with Crippen LogP contribution < -0.4 is 10.6 Å². The van der Waals surface area contributed by atoms with E-state index in [1.54, 1.807) is 12.1 Å². The lowest BCUT2D eigenvalue weighted by Gasteiger charge is -2.26. The Labute approximate surface area is 95.9 Å². The van der Waals surface area contributed by atoms with Crippen LogP contribution in [0.2, 0.25) is 0 Å². The summed E-state index contributed by atoms with van der Waals surface area (Å²) in [6, 6.07) is 3.16. The maximum atomic E-state index is 12.6. The van der Waals surface area contributed by atoms with Crippen molar-refractivity contribution in [3.63, 3.8) is 0 Å². The topological polar surface area (TPSA) is 62.4 Å². The Balaban J connectivity index is 2.22. The lowest BCUT2D eigenvalue weighted by molar-refractivity contribution is -0.250. The van der Waals surface area contributed by atoms with E-state index in [9.17, 15) is 18.3 Å². The van der Waals surface area contributed by atoms with E-state index in [4.69, 9.17) is 5.73 Å².